The van der Waals surface area contributed by atoms with Crippen molar-refractivity contribution >= 4 is 5.69 Å². The van der Waals surface area contributed by atoms with E-state index in [1.807, 2.05) is 0 Å². The molecule has 0 radical (unpaired) electrons. The number of halogens is 1. The highest BCUT2D eigenvalue weighted by molar-refractivity contribution is 5.46. The van der Waals surface area contributed by atoms with Crippen molar-refractivity contribution < 1.29 is 9.50 Å². The molecule has 1 N–H and O–H groups in total. The van der Waals surface area contributed by atoms with Crippen LogP contribution in [-0.2, 0) is 0 Å². The van der Waals surface area contributed by atoms with Crippen molar-refractivity contribution in [1.29, 1.82) is 0 Å². The lowest BCUT2D eigenvalue weighted by atomic mass is 9.88. The molecule has 1 fully saturated rings. The summed E-state index contributed by atoms with van der Waals surface area (Å²) in [5, 5.41) is 9.87. The fourth-order valence-electron chi connectivity index (χ4n) is 2.41. The third-order valence-corrected chi connectivity index (χ3v) is 3.37. The van der Waals surface area contributed by atoms with Crippen molar-refractivity contribution in [3.8, 4) is 0 Å². The van der Waals surface area contributed by atoms with E-state index in [1.165, 1.54) is 12.1 Å². The van der Waals surface area contributed by atoms with E-state index in [1.54, 1.807) is 12.1 Å². The van der Waals surface area contributed by atoms with Gasteiger partial charge in [0.2, 0.25) is 0 Å². The summed E-state index contributed by atoms with van der Waals surface area (Å²) in [5.41, 5.74) is 1.03. The Hall–Kier alpha value is -1.09. The topological polar surface area (TPSA) is 23.5 Å². The molecule has 1 saturated heterocycles. The van der Waals surface area contributed by atoms with Gasteiger partial charge in [-0.3, -0.25) is 0 Å². The van der Waals surface area contributed by atoms with Crippen LogP contribution in [-0.4, -0.2) is 24.3 Å². The lowest BCUT2D eigenvalue weighted by molar-refractivity contribution is 0.0529. The molecular weight excluding hydrogens is 205 g/mol. The molecule has 88 valence electrons. The molecule has 0 aliphatic carbocycles. The molecule has 3 heteroatoms. The molecule has 1 aliphatic heterocycles. The van der Waals surface area contributed by atoms with Crippen LogP contribution in [0.3, 0.4) is 0 Å². The van der Waals surface area contributed by atoms with Crippen LogP contribution >= 0.6 is 0 Å². The minimum absolute atomic E-state index is 0.207. The predicted octanol–water partition coefficient (Wildman–Crippen LogP) is 2.28. The summed E-state index contributed by atoms with van der Waals surface area (Å²) in [5.74, 6) is 0.310. The van der Waals surface area contributed by atoms with Gasteiger partial charge in [0.05, 0.1) is 6.10 Å². The highest BCUT2D eigenvalue weighted by Crippen LogP contribution is 2.26. The summed E-state index contributed by atoms with van der Waals surface area (Å²) in [6, 6.07) is 6.56. The Kier molecular flexibility index (Phi) is 3.15. The van der Waals surface area contributed by atoms with Crippen molar-refractivity contribution in [3.05, 3.63) is 30.1 Å². The minimum Gasteiger partial charge on any atom is -0.392 e. The lowest BCUT2D eigenvalue weighted by Crippen LogP contribution is -2.47. The van der Waals surface area contributed by atoms with Crippen LogP contribution in [0.25, 0.3) is 0 Å². The van der Waals surface area contributed by atoms with E-state index < -0.39 is 0 Å². The maximum atomic E-state index is 12.8. The standard InChI is InChI=1S/C13H18FNO/c1-9-7-15(8-10(2)13(9)16)12-5-3-11(14)4-6-12/h3-6,9-10,13,16H,7-8H2,1-2H3. The lowest BCUT2D eigenvalue weighted by Gasteiger charge is -2.40. The zero-order valence-corrected chi connectivity index (χ0v) is 9.73. The molecule has 16 heavy (non-hydrogen) atoms. The molecule has 2 nitrogen and oxygen atoms in total. The average Bonchev–Trinajstić information content (AvgIpc) is 2.26. The van der Waals surface area contributed by atoms with Gasteiger partial charge in [0.25, 0.3) is 0 Å². The number of aliphatic hydroxyl groups is 1. The number of anilines is 1. The van der Waals surface area contributed by atoms with Crippen LogP contribution in [0.15, 0.2) is 24.3 Å². The van der Waals surface area contributed by atoms with E-state index in [9.17, 15) is 9.50 Å². The summed E-state index contributed by atoms with van der Waals surface area (Å²) in [6.07, 6.45) is -0.225. The van der Waals surface area contributed by atoms with E-state index in [0.717, 1.165) is 18.8 Å². The van der Waals surface area contributed by atoms with Gasteiger partial charge in [-0.15, -0.1) is 0 Å². The van der Waals surface area contributed by atoms with Crippen molar-refractivity contribution in [2.45, 2.75) is 20.0 Å². The van der Waals surface area contributed by atoms with Gasteiger partial charge in [-0.2, -0.15) is 0 Å². The third kappa shape index (κ3) is 2.19. The molecule has 1 aliphatic rings. The molecular formula is C13H18FNO. The zero-order chi connectivity index (χ0) is 11.7. The second kappa shape index (κ2) is 4.42. The fourth-order valence-corrected chi connectivity index (χ4v) is 2.41. The van der Waals surface area contributed by atoms with E-state index in [2.05, 4.69) is 18.7 Å². The number of piperidine rings is 1. The second-order valence-electron chi connectivity index (χ2n) is 4.83. The van der Waals surface area contributed by atoms with Gasteiger partial charge >= 0.3 is 0 Å². The number of rotatable bonds is 1. The first kappa shape index (κ1) is 11.4. The van der Waals surface area contributed by atoms with Crippen LogP contribution in [0.2, 0.25) is 0 Å². The number of hydrogen-bond acceptors (Lipinski definition) is 2. The highest BCUT2D eigenvalue weighted by atomic mass is 19.1. The molecule has 0 aromatic heterocycles. The molecule has 0 spiro atoms. The van der Waals surface area contributed by atoms with E-state index >= 15 is 0 Å². The fraction of sp³-hybridized carbons (Fsp3) is 0.538. The molecule has 0 bridgehead atoms. The monoisotopic (exact) mass is 223 g/mol. The van der Waals surface area contributed by atoms with Crippen LogP contribution in [0, 0.1) is 17.7 Å². The molecule has 1 heterocycles. The van der Waals surface area contributed by atoms with E-state index in [-0.39, 0.29) is 23.8 Å². The van der Waals surface area contributed by atoms with Crippen molar-refractivity contribution in [2.75, 3.05) is 18.0 Å². The first-order valence-electron chi connectivity index (χ1n) is 5.76. The Bertz CT molecular complexity index is 339. The number of aliphatic hydroxyl groups excluding tert-OH is 1. The molecule has 2 atom stereocenters. The Morgan fingerprint density at radius 3 is 2.12 bits per heavy atom. The van der Waals surface area contributed by atoms with Crippen molar-refractivity contribution in [3.63, 3.8) is 0 Å². The number of hydrogen-bond donors (Lipinski definition) is 1. The minimum atomic E-state index is -0.225. The zero-order valence-electron chi connectivity index (χ0n) is 9.73. The SMILES string of the molecule is CC1CN(c2ccc(F)cc2)CC(C)C1O. The maximum Gasteiger partial charge on any atom is 0.123 e. The van der Waals surface area contributed by atoms with Crippen molar-refractivity contribution in [1.82, 2.24) is 0 Å². The number of benzene rings is 1. The van der Waals surface area contributed by atoms with Crippen molar-refractivity contribution in [2.24, 2.45) is 11.8 Å². The van der Waals surface area contributed by atoms with Gasteiger partial charge in [0.1, 0.15) is 5.82 Å². The normalized spacial score (nSPS) is 30.5. The Labute approximate surface area is 95.7 Å². The Morgan fingerprint density at radius 1 is 1.12 bits per heavy atom. The molecule has 0 saturated carbocycles. The Balaban J connectivity index is 2.13. The second-order valence-corrected chi connectivity index (χ2v) is 4.83. The van der Waals surface area contributed by atoms with Gasteiger partial charge in [0, 0.05) is 18.8 Å². The van der Waals surface area contributed by atoms with Gasteiger partial charge in [0.15, 0.2) is 0 Å². The summed E-state index contributed by atoms with van der Waals surface area (Å²) >= 11 is 0. The average molecular weight is 223 g/mol. The van der Waals surface area contributed by atoms with Gasteiger partial charge < -0.3 is 10.0 Å². The quantitative estimate of drug-likeness (QED) is 0.789. The predicted molar refractivity (Wildman–Crippen MR) is 62.9 cm³/mol. The maximum absolute atomic E-state index is 12.8. The first-order valence-corrected chi connectivity index (χ1v) is 5.76. The van der Waals surface area contributed by atoms with Gasteiger partial charge in [-0.05, 0) is 36.1 Å². The summed E-state index contributed by atoms with van der Waals surface area (Å²) < 4.78 is 12.8. The van der Waals surface area contributed by atoms with E-state index in [0.29, 0.717) is 0 Å². The molecule has 0 amide bonds. The van der Waals surface area contributed by atoms with Crippen LogP contribution in [0.5, 0.6) is 0 Å². The first-order chi connectivity index (χ1) is 7.58. The molecule has 2 rings (SSSR count). The smallest absolute Gasteiger partial charge is 0.123 e. The van der Waals surface area contributed by atoms with Crippen LogP contribution in [0.4, 0.5) is 10.1 Å². The van der Waals surface area contributed by atoms with Gasteiger partial charge in [-0.25, -0.2) is 4.39 Å². The summed E-state index contributed by atoms with van der Waals surface area (Å²) in [7, 11) is 0. The van der Waals surface area contributed by atoms with E-state index in [4.69, 9.17) is 0 Å². The molecule has 1 aromatic carbocycles. The molecule has 1 aromatic rings. The number of nitrogens with zero attached hydrogens (tertiary/aromatic N) is 1. The van der Waals surface area contributed by atoms with Crippen LogP contribution < -0.4 is 4.90 Å². The van der Waals surface area contributed by atoms with Gasteiger partial charge in [-0.1, -0.05) is 13.8 Å². The largest absolute Gasteiger partial charge is 0.392 e. The third-order valence-electron chi connectivity index (χ3n) is 3.37. The summed E-state index contributed by atoms with van der Waals surface area (Å²) in [6.45, 7) is 5.77. The Morgan fingerprint density at radius 2 is 1.62 bits per heavy atom. The summed E-state index contributed by atoms with van der Waals surface area (Å²) in [4.78, 5) is 2.21. The van der Waals surface area contributed by atoms with Crippen LogP contribution in [0.1, 0.15) is 13.8 Å². The highest BCUT2D eigenvalue weighted by Gasteiger charge is 2.30. The molecule has 2 unspecified atom stereocenters.